The Balaban J connectivity index is 2.40. The molecule has 2 N–H and O–H groups in total. The van der Waals surface area contributed by atoms with Gasteiger partial charge in [-0.1, -0.05) is 0 Å². The average molecular weight is 218 g/mol. The van der Waals surface area contributed by atoms with E-state index < -0.39 is 5.97 Å². The minimum Gasteiger partial charge on any atom is -0.481 e. The van der Waals surface area contributed by atoms with Crippen LogP contribution < -0.4 is 0 Å². The summed E-state index contributed by atoms with van der Waals surface area (Å²) in [6.45, 7) is 1.77. The Labute approximate surface area is 91.4 Å². The lowest BCUT2D eigenvalue weighted by molar-refractivity contribution is -0.136. The van der Waals surface area contributed by atoms with E-state index in [9.17, 15) is 4.79 Å². The molecule has 0 amide bonds. The first-order valence-corrected chi connectivity index (χ1v) is 4.71. The molecule has 2 aromatic rings. The van der Waals surface area contributed by atoms with Crippen molar-refractivity contribution in [3.05, 3.63) is 29.8 Å². The van der Waals surface area contributed by atoms with Crippen molar-refractivity contribution in [2.75, 3.05) is 0 Å². The van der Waals surface area contributed by atoms with Crippen LogP contribution >= 0.6 is 0 Å². The standard InChI is InChI=1S/C10H10N4O2/c1-6-11-3-2-8(13-6)10-7(4-9(15)16)5-12-14-10/h2-3,5H,4H2,1H3,(H,12,14)(H,15,16). The summed E-state index contributed by atoms with van der Waals surface area (Å²) < 4.78 is 0. The van der Waals surface area contributed by atoms with Crippen LogP contribution in [0.2, 0.25) is 0 Å². The zero-order valence-electron chi connectivity index (χ0n) is 8.64. The Bertz CT molecular complexity index is 521. The molecule has 0 aliphatic rings. The third-order valence-electron chi connectivity index (χ3n) is 2.09. The van der Waals surface area contributed by atoms with Crippen molar-refractivity contribution >= 4 is 5.97 Å². The third kappa shape index (κ3) is 2.05. The molecule has 0 saturated carbocycles. The fraction of sp³-hybridized carbons (Fsp3) is 0.200. The highest BCUT2D eigenvalue weighted by Gasteiger charge is 2.11. The minimum atomic E-state index is -0.895. The summed E-state index contributed by atoms with van der Waals surface area (Å²) in [4.78, 5) is 18.8. The zero-order chi connectivity index (χ0) is 11.5. The van der Waals surface area contributed by atoms with Gasteiger partial charge in [-0.15, -0.1) is 0 Å². The van der Waals surface area contributed by atoms with Crippen LogP contribution in [0.4, 0.5) is 0 Å². The van der Waals surface area contributed by atoms with Crippen LogP contribution in [0.3, 0.4) is 0 Å². The lowest BCUT2D eigenvalue weighted by atomic mass is 10.1. The number of carbonyl (C=O) groups is 1. The van der Waals surface area contributed by atoms with Crippen LogP contribution in [0.25, 0.3) is 11.4 Å². The lowest BCUT2D eigenvalue weighted by Gasteiger charge is -2.00. The van der Waals surface area contributed by atoms with E-state index in [1.807, 2.05) is 0 Å². The summed E-state index contributed by atoms with van der Waals surface area (Å²) >= 11 is 0. The largest absolute Gasteiger partial charge is 0.481 e. The van der Waals surface area contributed by atoms with E-state index in [2.05, 4.69) is 20.2 Å². The third-order valence-corrected chi connectivity index (χ3v) is 2.09. The Morgan fingerprint density at radius 1 is 1.56 bits per heavy atom. The van der Waals surface area contributed by atoms with E-state index in [0.717, 1.165) is 0 Å². The number of aromatic nitrogens is 4. The number of rotatable bonds is 3. The van der Waals surface area contributed by atoms with E-state index in [4.69, 9.17) is 5.11 Å². The van der Waals surface area contributed by atoms with Gasteiger partial charge in [-0.25, -0.2) is 9.97 Å². The average Bonchev–Trinajstić information content (AvgIpc) is 2.65. The van der Waals surface area contributed by atoms with E-state index in [0.29, 0.717) is 22.8 Å². The highest BCUT2D eigenvalue weighted by atomic mass is 16.4. The highest BCUT2D eigenvalue weighted by molar-refractivity contribution is 5.73. The monoisotopic (exact) mass is 218 g/mol. The molecule has 6 heteroatoms. The van der Waals surface area contributed by atoms with Gasteiger partial charge in [0.25, 0.3) is 0 Å². The van der Waals surface area contributed by atoms with Crippen molar-refractivity contribution in [2.45, 2.75) is 13.3 Å². The van der Waals surface area contributed by atoms with E-state index in [1.54, 1.807) is 19.2 Å². The maximum Gasteiger partial charge on any atom is 0.307 e. The van der Waals surface area contributed by atoms with Gasteiger partial charge in [0.1, 0.15) is 5.82 Å². The minimum absolute atomic E-state index is 0.0745. The van der Waals surface area contributed by atoms with Gasteiger partial charge in [-0.2, -0.15) is 5.10 Å². The van der Waals surface area contributed by atoms with Crippen molar-refractivity contribution in [3.8, 4) is 11.4 Å². The van der Waals surface area contributed by atoms with E-state index in [-0.39, 0.29) is 6.42 Å². The van der Waals surface area contributed by atoms with Gasteiger partial charge in [0.05, 0.1) is 24.0 Å². The van der Waals surface area contributed by atoms with Gasteiger partial charge in [0, 0.05) is 11.8 Å². The van der Waals surface area contributed by atoms with Crippen LogP contribution in [0, 0.1) is 6.92 Å². The number of aliphatic carboxylic acids is 1. The molecule has 0 spiro atoms. The summed E-state index contributed by atoms with van der Waals surface area (Å²) in [6, 6.07) is 1.71. The molecule has 0 unspecified atom stereocenters. The second-order valence-electron chi connectivity index (χ2n) is 3.33. The Hall–Kier alpha value is -2.24. The Kier molecular flexibility index (Phi) is 2.63. The lowest BCUT2D eigenvalue weighted by Crippen LogP contribution is -2.01. The first-order valence-electron chi connectivity index (χ1n) is 4.71. The molecule has 82 valence electrons. The van der Waals surface area contributed by atoms with E-state index in [1.165, 1.54) is 6.20 Å². The van der Waals surface area contributed by atoms with Crippen LogP contribution in [-0.2, 0) is 11.2 Å². The van der Waals surface area contributed by atoms with Gasteiger partial charge >= 0.3 is 5.97 Å². The Morgan fingerprint density at radius 3 is 3.06 bits per heavy atom. The fourth-order valence-electron chi connectivity index (χ4n) is 1.43. The first-order chi connectivity index (χ1) is 7.66. The normalized spacial score (nSPS) is 10.3. The fourth-order valence-corrected chi connectivity index (χ4v) is 1.43. The quantitative estimate of drug-likeness (QED) is 0.795. The number of nitrogens with zero attached hydrogens (tertiary/aromatic N) is 3. The molecule has 6 nitrogen and oxygen atoms in total. The second-order valence-corrected chi connectivity index (χ2v) is 3.33. The van der Waals surface area contributed by atoms with Gasteiger partial charge in [0.15, 0.2) is 0 Å². The number of carboxylic acids is 1. The highest BCUT2D eigenvalue weighted by Crippen LogP contribution is 2.18. The molecule has 0 radical (unpaired) electrons. The summed E-state index contributed by atoms with van der Waals surface area (Å²) in [5, 5.41) is 15.3. The smallest absolute Gasteiger partial charge is 0.307 e. The number of nitrogens with one attached hydrogen (secondary N) is 1. The van der Waals surface area contributed by atoms with Gasteiger partial charge in [-0.05, 0) is 13.0 Å². The molecule has 0 atom stereocenters. The summed E-state index contributed by atoms with van der Waals surface area (Å²) in [5.41, 5.74) is 1.90. The molecule has 2 heterocycles. The molecule has 16 heavy (non-hydrogen) atoms. The predicted octanol–water partition coefficient (Wildman–Crippen LogP) is 0.802. The van der Waals surface area contributed by atoms with Crippen LogP contribution in [0.5, 0.6) is 0 Å². The number of hydrogen-bond acceptors (Lipinski definition) is 4. The zero-order valence-corrected chi connectivity index (χ0v) is 8.64. The number of H-pyrrole nitrogens is 1. The molecule has 2 aromatic heterocycles. The van der Waals surface area contributed by atoms with Crippen LogP contribution in [0.1, 0.15) is 11.4 Å². The van der Waals surface area contributed by atoms with Crippen molar-refractivity contribution in [1.29, 1.82) is 0 Å². The summed E-state index contributed by atoms with van der Waals surface area (Å²) in [7, 11) is 0. The topological polar surface area (TPSA) is 91.8 Å². The maximum absolute atomic E-state index is 10.6. The summed E-state index contributed by atoms with van der Waals surface area (Å²) in [6.07, 6.45) is 3.05. The molecular formula is C10H10N4O2. The summed E-state index contributed by atoms with van der Waals surface area (Å²) in [5.74, 6) is -0.262. The molecule has 2 rings (SSSR count). The predicted molar refractivity (Wildman–Crippen MR) is 55.7 cm³/mol. The maximum atomic E-state index is 10.6. The van der Waals surface area contributed by atoms with E-state index >= 15 is 0 Å². The molecular weight excluding hydrogens is 208 g/mol. The number of hydrogen-bond donors (Lipinski definition) is 2. The van der Waals surface area contributed by atoms with Crippen molar-refractivity contribution in [1.82, 2.24) is 20.2 Å². The van der Waals surface area contributed by atoms with Crippen LogP contribution in [0.15, 0.2) is 18.5 Å². The van der Waals surface area contributed by atoms with Gasteiger partial charge in [-0.3, -0.25) is 9.89 Å². The van der Waals surface area contributed by atoms with Crippen LogP contribution in [-0.4, -0.2) is 31.2 Å². The molecule has 0 aromatic carbocycles. The van der Waals surface area contributed by atoms with Crippen molar-refractivity contribution in [3.63, 3.8) is 0 Å². The number of aryl methyl sites for hydroxylation is 1. The molecule has 0 saturated heterocycles. The van der Waals surface area contributed by atoms with Crippen molar-refractivity contribution in [2.24, 2.45) is 0 Å². The van der Waals surface area contributed by atoms with Gasteiger partial charge in [0.2, 0.25) is 0 Å². The SMILES string of the molecule is Cc1nccc(-c2[nH]ncc2CC(=O)O)n1. The number of carboxylic acid groups (broad SMARTS) is 1. The number of aromatic amines is 1. The van der Waals surface area contributed by atoms with Crippen molar-refractivity contribution < 1.29 is 9.90 Å². The molecule has 0 fully saturated rings. The second kappa shape index (κ2) is 4.09. The molecule has 0 aliphatic heterocycles. The molecule has 0 aliphatic carbocycles. The van der Waals surface area contributed by atoms with Gasteiger partial charge < -0.3 is 5.11 Å². The molecule has 0 bridgehead atoms. The Morgan fingerprint density at radius 2 is 2.38 bits per heavy atom. The first kappa shape index (κ1) is 10.3.